The predicted octanol–water partition coefficient (Wildman–Crippen LogP) is -0.377. The van der Waals surface area contributed by atoms with E-state index in [1.807, 2.05) is 0 Å². The normalized spacial score (nSPS) is 17.9. The van der Waals surface area contributed by atoms with Crippen molar-refractivity contribution < 1.29 is 24.5 Å². The van der Waals surface area contributed by atoms with E-state index in [0.717, 1.165) is 7.11 Å². The fraction of sp³-hybridized carbons (Fsp3) is 0.385. The summed E-state index contributed by atoms with van der Waals surface area (Å²) in [5.41, 5.74) is 5.83. The van der Waals surface area contributed by atoms with Crippen LogP contribution in [0.3, 0.4) is 0 Å². The number of phenolic OH excluding ortho intramolecular Hbond substituents is 1. The van der Waals surface area contributed by atoms with Gasteiger partial charge in [0.2, 0.25) is 0 Å². The van der Waals surface area contributed by atoms with Crippen molar-refractivity contribution in [3.05, 3.63) is 23.8 Å². The molecule has 0 aliphatic carbocycles. The molecule has 7 nitrogen and oxygen atoms in total. The van der Waals surface area contributed by atoms with Gasteiger partial charge in [-0.15, -0.1) is 0 Å². The lowest BCUT2D eigenvalue weighted by Gasteiger charge is -2.30. The van der Waals surface area contributed by atoms with Crippen molar-refractivity contribution in [3.8, 4) is 5.75 Å². The van der Waals surface area contributed by atoms with Gasteiger partial charge in [0.1, 0.15) is 6.10 Å². The van der Waals surface area contributed by atoms with E-state index in [1.54, 1.807) is 6.07 Å². The summed E-state index contributed by atoms with van der Waals surface area (Å²) in [6, 6.07) is 4.61. The minimum atomic E-state index is -0.606. The highest BCUT2D eigenvalue weighted by Crippen LogP contribution is 2.26. The quantitative estimate of drug-likeness (QED) is 0.387. The van der Waals surface area contributed by atoms with Crippen molar-refractivity contribution >= 4 is 17.9 Å². The number of aliphatic hydroxyl groups is 1. The van der Waals surface area contributed by atoms with Crippen molar-refractivity contribution in [1.82, 2.24) is 4.90 Å². The highest BCUT2D eigenvalue weighted by molar-refractivity contribution is 5.98. The van der Waals surface area contributed by atoms with Crippen molar-refractivity contribution in [2.24, 2.45) is 0 Å². The Morgan fingerprint density at radius 1 is 1.50 bits per heavy atom. The van der Waals surface area contributed by atoms with Crippen LogP contribution in [0.25, 0.3) is 0 Å². The number of carbonyl (C=O) groups is 2. The second kappa shape index (κ2) is 7.46. The number of nitrogens with two attached hydrogens (primary N) is 1. The average molecular weight is 282 g/mol. The highest BCUT2D eigenvalue weighted by atomic mass is 16.5. The molecule has 0 aromatic heterocycles. The molecule has 1 aromatic rings. The van der Waals surface area contributed by atoms with E-state index in [0.29, 0.717) is 19.4 Å². The molecule has 7 heteroatoms. The van der Waals surface area contributed by atoms with Gasteiger partial charge >= 0.3 is 0 Å². The number of hydrogen-bond donors (Lipinski definition) is 3. The Morgan fingerprint density at radius 2 is 2.20 bits per heavy atom. The molecular weight excluding hydrogens is 264 g/mol. The van der Waals surface area contributed by atoms with Gasteiger partial charge in [-0.25, -0.2) is 0 Å². The number of phenols is 1. The number of carbonyl (C=O) groups excluding carboxylic acids is 2. The summed E-state index contributed by atoms with van der Waals surface area (Å²) in [4.78, 5) is 24.3. The van der Waals surface area contributed by atoms with Gasteiger partial charge in [-0.3, -0.25) is 4.79 Å². The summed E-state index contributed by atoms with van der Waals surface area (Å²) in [6.07, 6.45) is 0.0597. The maximum atomic E-state index is 12.2. The molecular formula is C13H18N2O5. The zero-order valence-electron chi connectivity index (χ0n) is 11.2. The maximum Gasteiger partial charge on any atom is 0.257 e. The molecule has 1 atom stereocenters. The van der Waals surface area contributed by atoms with Gasteiger partial charge in [-0.2, -0.15) is 0 Å². The number of anilines is 1. The number of nitrogen functional groups attached to an aromatic ring is 1. The lowest BCUT2D eigenvalue weighted by Crippen LogP contribution is -2.46. The maximum absolute atomic E-state index is 12.2. The molecule has 1 aliphatic rings. The van der Waals surface area contributed by atoms with Crippen molar-refractivity contribution in [2.45, 2.75) is 6.10 Å². The Labute approximate surface area is 116 Å². The standard InChI is InChI=1S/C12H14N2O4.CH4O/c13-10-3-1-2-9(11(10)16)12(17)14-4-5-18-8(6-14)7-15;1-2/h1-3,7-8,16H,4-6,13H2;2H,1H3. The number of aldehydes is 1. The third kappa shape index (κ3) is 3.46. The van der Waals surface area contributed by atoms with Crippen LogP contribution in [0.2, 0.25) is 0 Å². The molecule has 110 valence electrons. The number of aliphatic hydroxyl groups excluding tert-OH is 1. The summed E-state index contributed by atoms with van der Waals surface area (Å²) in [6.45, 7) is 0.881. The second-order valence-electron chi connectivity index (χ2n) is 4.04. The van der Waals surface area contributed by atoms with Crippen LogP contribution in [0.4, 0.5) is 5.69 Å². The van der Waals surface area contributed by atoms with Crippen LogP contribution in [0.1, 0.15) is 10.4 Å². The molecule has 1 fully saturated rings. The molecule has 1 aromatic carbocycles. The molecule has 0 bridgehead atoms. The third-order valence-corrected chi connectivity index (χ3v) is 2.83. The molecule has 1 aliphatic heterocycles. The summed E-state index contributed by atoms with van der Waals surface area (Å²) in [7, 11) is 1.00. The van der Waals surface area contributed by atoms with Crippen molar-refractivity contribution in [2.75, 3.05) is 32.5 Å². The minimum absolute atomic E-state index is 0.140. The highest BCUT2D eigenvalue weighted by Gasteiger charge is 2.26. The Bertz CT molecular complexity index is 478. The number of morpholine rings is 1. The van der Waals surface area contributed by atoms with Crippen LogP contribution in [0.5, 0.6) is 5.75 Å². The fourth-order valence-electron chi connectivity index (χ4n) is 1.85. The third-order valence-electron chi connectivity index (χ3n) is 2.83. The summed E-state index contributed by atoms with van der Waals surface area (Å²) in [5, 5.41) is 16.7. The van der Waals surface area contributed by atoms with E-state index >= 15 is 0 Å². The van der Waals surface area contributed by atoms with Gasteiger partial charge in [0.05, 0.1) is 24.4 Å². The molecule has 0 saturated carbocycles. The summed E-state index contributed by atoms with van der Waals surface area (Å²) >= 11 is 0. The van der Waals surface area contributed by atoms with Crippen LogP contribution < -0.4 is 5.73 Å². The largest absolute Gasteiger partial charge is 0.505 e. The zero-order valence-corrected chi connectivity index (χ0v) is 11.2. The number of rotatable bonds is 2. The lowest BCUT2D eigenvalue weighted by molar-refractivity contribution is -0.122. The van der Waals surface area contributed by atoms with E-state index < -0.39 is 6.10 Å². The van der Waals surface area contributed by atoms with E-state index in [2.05, 4.69) is 0 Å². The number of ether oxygens (including phenoxy) is 1. The monoisotopic (exact) mass is 282 g/mol. The number of nitrogens with zero attached hydrogens (tertiary/aromatic N) is 1. The van der Waals surface area contributed by atoms with Gasteiger partial charge in [-0.1, -0.05) is 6.07 Å². The molecule has 1 amide bonds. The van der Waals surface area contributed by atoms with Gasteiger partial charge < -0.3 is 30.4 Å². The Morgan fingerprint density at radius 3 is 2.85 bits per heavy atom. The molecule has 1 unspecified atom stereocenters. The van der Waals surface area contributed by atoms with Crippen molar-refractivity contribution in [3.63, 3.8) is 0 Å². The van der Waals surface area contributed by atoms with Gasteiger partial charge in [0.25, 0.3) is 5.91 Å². The molecule has 0 spiro atoms. The SMILES string of the molecule is CO.Nc1cccc(C(=O)N2CCOC(C=O)C2)c1O. The summed E-state index contributed by atoms with van der Waals surface area (Å²) in [5.74, 6) is -0.577. The van der Waals surface area contributed by atoms with Crippen LogP contribution in [-0.2, 0) is 9.53 Å². The topological polar surface area (TPSA) is 113 Å². The van der Waals surface area contributed by atoms with Crippen LogP contribution in [0.15, 0.2) is 18.2 Å². The van der Waals surface area contributed by atoms with Crippen molar-refractivity contribution in [1.29, 1.82) is 0 Å². The minimum Gasteiger partial charge on any atom is -0.505 e. The molecule has 20 heavy (non-hydrogen) atoms. The smallest absolute Gasteiger partial charge is 0.257 e. The Kier molecular flexibility index (Phi) is 5.95. The molecule has 0 radical (unpaired) electrons. The van der Waals surface area contributed by atoms with E-state index in [1.165, 1.54) is 17.0 Å². The zero-order chi connectivity index (χ0) is 15.1. The number of benzene rings is 1. The fourth-order valence-corrected chi connectivity index (χ4v) is 1.85. The molecule has 4 N–H and O–H groups in total. The van der Waals surface area contributed by atoms with Crippen LogP contribution >= 0.6 is 0 Å². The number of aromatic hydroxyl groups is 1. The van der Waals surface area contributed by atoms with E-state index in [9.17, 15) is 14.7 Å². The number of amides is 1. The van der Waals surface area contributed by atoms with Gasteiger partial charge in [-0.05, 0) is 12.1 Å². The Hall–Kier alpha value is -2.12. The molecule has 1 heterocycles. The first-order valence-corrected chi connectivity index (χ1v) is 6.02. The van der Waals surface area contributed by atoms with E-state index in [-0.39, 0.29) is 29.5 Å². The first kappa shape index (κ1) is 15.9. The Balaban J connectivity index is 0.000000956. The van der Waals surface area contributed by atoms with E-state index in [4.69, 9.17) is 15.6 Å². The average Bonchev–Trinajstić information content (AvgIpc) is 2.51. The molecule has 2 rings (SSSR count). The van der Waals surface area contributed by atoms with Gasteiger partial charge in [0, 0.05) is 13.7 Å². The first-order chi connectivity index (χ1) is 9.63. The number of para-hydroxylation sites is 1. The summed E-state index contributed by atoms with van der Waals surface area (Å²) < 4.78 is 5.15. The predicted molar refractivity (Wildman–Crippen MR) is 72.4 cm³/mol. The van der Waals surface area contributed by atoms with Gasteiger partial charge in [0.15, 0.2) is 12.0 Å². The first-order valence-electron chi connectivity index (χ1n) is 6.02. The lowest BCUT2D eigenvalue weighted by atomic mass is 10.1. The van der Waals surface area contributed by atoms with Crippen LogP contribution in [0, 0.1) is 0 Å². The molecule has 1 saturated heterocycles. The second-order valence-corrected chi connectivity index (χ2v) is 4.04. The van der Waals surface area contributed by atoms with Crippen LogP contribution in [-0.4, -0.2) is 60.2 Å². The number of hydrogen-bond acceptors (Lipinski definition) is 6.